The second-order valence-corrected chi connectivity index (χ2v) is 4.98. The second kappa shape index (κ2) is 3.77. The zero-order valence-corrected chi connectivity index (χ0v) is 9.27. The first-order valence-corrected chi connectivity index (χ1v) is 4.69. The average molecular weight is 265 g/mol. The van der Waals surface area contributed by atoms with Gasteiger partial charge in [0.25, 0.3) is 0 Å². The predicted octanol–water partition coefficient (Wildman–Crippen LogP) is 4.22. The van der Waals surface area contributed by atoms with Gasteiger partial charge in [0.1, 0.15) is 5.15 Å². The molecule has 1 heterocycles. The van der Waals surface area contributed by atoms with Crippen molar-refractivity contribution in [3.8, 4) is 0 Å². The van der Waals surface area contributed by atoms with E-state index in [0.717, 1.165) is 0 Å². The summed E-state index contributed by atoms with van der Waals surface area (Å²) in [5, 5.41) is 0.291. The van der Waals surface area contributed by atoms with Gasteiger partial charge >= 0.3 is 0 Å². The summed E-state index contributed by atoms with van der Waals surface area (Å²) in [6.07, 6.45) is 1.42. The van der Waals surface area contributed by atoms with Gasteiger partial charge in [-0.25, -0.2) is 4.98 Å². The molecule has 0 aromatic carbocycles. The fourth-order valence-corrected chi connectivity index (χ4v) is 1.67. The van der Waals surface area contributed by atoms with Crippen molar-refractivity contribution in [3.63, 3.8) is 0 Å². The summed E-state index contributed by atoms with van der Waals surface area (Å²) in [4.78, 5) is 3.71. The monoisotopic (exact) mass is 263 g/mol. The summed E-state index contributed by atoms with van der Waals surface area (Å²) in [5.74, 6) is 0. The average Bonchev–Trinajstić information content (AvgIpc) is 1.92. The van der Waals surface area contributed by atoms with Crippen molar-refractivity contribution in [2.75, 3.05) is 0 Å². The van der Waals surface area contributed by atoms with Crippen LogP contribution in [0.1, 0.15) is 5.56 Å². The molecule has 6 heteroatoms. The molecule has 0 aliphatic heterocycles. The van der Waals surface area contributed by atoms with Crippen LogP contribution in [-0.2, 0) is 3.79 Å². The molecule has 0 radical (unpaired) electrons. The quantitative estimate of drug-likeness (QED) is 0.505. The van der Waals surface area contributed by atoms with E-state index >= 15 is 0 Å². The Bertz CT molecular complexity index is 292. The van der Waals surface area contributed by atoms with E-state index in [1.807, 2.05) is 0 Å². The molecule has 0 N–H and O–H groups in total. The lowest BCUT2D eigenvalue weighted by molar-refractivity contribution is 1.19. The van der Waals surface area contributed by atoms with Gasteiger partial charge in [-0.1, -0.05) is 58.0 Å². The highest BCUT2D eigenvalue weighted by atomic mass is 35.6. The van der Waals surface area contributed by atoms with Gasteiger partial charge in [-0.2, -0.15) is 0 Å². The summed E-state index contributed by atoms with van der Waals surface area (Å²) < 4.78 is -1.57. The van der Waals surface area contributed by atoms with Crippen molar-refractivity contribution in [2.45, 2.75) is 3.79 Å². The van der Waals surface area contributed by atoms with E-state index in [0.29, 0.717) is 5.56 Å². The van der Waals surface area contributed by atoms with E-state index in [-0.39, 0.29) is 10.2 Å². The first-order valence-electron chi connectivity index (χ1n) is 2.80. The molecule has 0 aliphatic rings. The topological polar surface area (TPSA) is 12.9 Å². The largest absolute Gasteiger partial charge is 0.243 e. The molecule has 0 saturated carbocycles. The number of pyridine rings is 1. The van der Waals surface area contributed by atoms with Gasteiger partial charge in [0.15, 0.2) is 0 Å². The van der Waals surface area contributed by atoms with Crippen molar-refractivity contribution >= 4 is 58.0 Å². The molecule has 66 valence electrons. The number of rotatable bonds is 0. The van der Waals surface area contributed by atoms with Crippen LogP contribution in [0.2, 0.25) is 10.2 Å². The Kier molecular flexibility index (Phi) is 3.35. The number of alkyl halides is 3. The van der Waals surface area contributed by atoms with Crippen molar-refractivity contribution in [1.29, 1.82) is 0 Å². The van der Waals surface area contributed by atoms with Crippen molar-refractivity contribution in [2.24, 2.45) is 0 Å². The highest BCUT2D eigenvalue weighted by Gasteiger charge is 2.26. The van der Waals surface area contributed by atoms with Crippen LogP contribution in [0, 0.1) is 0 Å². The van der Waals surface area contributed by atoms with E-state index in [1.165, 1.54) is 12.3 Å². The van der Waals surface area contributed by atoms with Crippen molar-refractivity contribution in [1.82, 2.24) is 4.98 Å². The van der Waals surface area contributed by atoms with E-state index in [1.54, 1.807) is 0 Å². The Balaban J connectivity index is 3.26. The molecule has 0 saturated heterocycles. The summed E-state index contributed by atoms with van der Waals surface area (Å²) in [6.45, 7) is 0. The molecule has 0 bridgehead atoms. The van der Waals surface area contributed by atoms with Crippen LogP contribution in [0.5, 0.6) is 0 Å². The van der Waals surface area contributed by atoms with E-state index < -0.39 is 3.79 Å². The van der Waals surface area contributed by atoms with E-state index in [2.05, 4.69) is 4.98 Å². The highest BCUT2D eigenvalue weighted by molar-refractivity contribution is 6.67. The van der Waals surface area contributed by atoms with Gasteiger partial charge in [0, 0.05) is 11.8 Å². The van der Waals surface area contributed by atoms with Crippen molar-refractivity contribution < 1.29 is 0 Å². The number of hydrogen-bond donors (Lipinski definition) is 0. The summed E-state index contributed by atoms with van der Waals surface area (Å²) in [7, 11) is 0. The van der Waals surface area contributed by atoms with Crippen LogP contribution in [0.15, 0.2) is 12.3 Å². The number of hydrogen-bond acceptors (Lipinski definition) is 1. The van der Waals surface area contributed by atoms with Crippen LogP contribution in [0.25, 0.3) is 0 Å². The zero-order valence-electron chi connectivity index (χ0n) is 5.49. The third-order valence-electron chi connectivity index (χ3n) is 1.15. The van der Waals surface area contributed by atoms with Gasteiger partial charge < -0.3 is 0 Å². The Hall–Kier alpha value is 0.600. The van der Waals surface area contributed by atoms with Crippen LogP contribution in [-0.4, -0.2) is 4.98 Å². The summed E-state index contributed by atoms with van der Waals surface area (Å²) >= 11 is 28.1. The molecule has 12 heavy (non-hydrogen) atoms. The van der Waals surface area contributed by atoms with E-state index in [9.17, 15) is 0 Å². The molecule has 0 aliphatic carbocycles. The van der Waals surface area contributed by atoms with Gasteiger partial charge in [-0.05, 0) is 6.07 Å². The standard InChI is InChI=1S/C6H2Cl5N/c7-4-3(6(9,10)11)1-2-12-5(4)8/h1-2H. The van der Waals surface area contributed by atoms with Crippen LogP contribution in [0.4, 0.5) is 0 Å². The lowest BCUT2D eigenvalue weighted by atomic mass is 10.3. The first-order chi connectivity index (χ1) is 5.43. The Morgan fingerprint density at radius 2 is 1.75 bits per heavy atom. The highest BCUT2D eigenvalue weighted by Crippen LogP contribution is 2.42. The van der Waals surface area contributed by atoms with Crippen molar-refractivity contribution in [3.05, 3.63) is 28.0 Å². The van der Waals surface area contributed by atoms with Gasteiger partial charge in [-0.3, -0.25) is 0 Å². The molecule has 1 aromatic heterocycles. The summed E-state index contributed by atoms with van der Waals surface area (Å²) in [5.41, 5.74) is 0.328. The fraction of sp³-hybridized carbons (Fsp3) is 0.167. The normalized spacial score (nSPS) is 11.8. The minimum Gasteiger partial charge on any atom is -0.243 e. The predicted molar refractivity (Wildman–Crippen MR) is 53.5 cm³/mol. The maximum absolute atomic E-state index is 5.73. The zero-order chi connectivity index (χ0) is 9.35. The SMILES string of the molecule is Clc1nccc(C(Cl)(Cl)Cl)c1Cl. The number of halogens is 5. The first kappa shape index (κ1) is 10.7. The molecule has 0 fully saturated rings. The van der Waals surface area contributed by atoms with E-state index in [4.69, 9.17) is 58.0 Å². The maximum atomic E-state index is 5.73. The maximum Gasteiger partial charge on any atom is 0.217 e. The molecule has 1 rings (SSSR count). The van der Waals surface area contributed by atoms with Gasteiger partial charge in [0.2, 0.25) is 3.79 Å². The smallest absolute Gasteiger partial charge is 0.217 e. The van der Waals surface area contributed by atoms with Crippen LogP contribution < -0.4 is 0 Å². The van der Waals surface area contributed by atoms with Gasteiger partial charge in [0.05, 0.1) is 5.02 Å². The Morgan fingerprint density at radius 3 is 2.17 bits per heavy atom. The second-order valence-electron chi connectivity index (χ2n) is 1.96. The summed E-state index contributed by atoms with van der Waals surface area (Å²) in [6, 6.07) is 1.50. The minimum atomic E-state index is -1.57. The molecular formula is C6H2Cl5N. The third-order valence-corrected chi connectivity index (χ3v) is 2.53. The van der Waals surface area contributed by atoms with Crippen LogP contribution in [0.3, 0.4) is 0 Å². The molecule has 1 nitrogen and oxygen atoms in total. The number of nitrogens with zero attached hydrogens (tertiary/aromatic N) is 1. The van der Waals surface area contributed by atoms with Gasteiger partial charge in [-0.15, -0.1) is 0 Å². The minimum absolute atomic E-state index is 0.125. The van der Waals surface area contributed by atoms with Crippen LogP contribution >= 0.6 is 58.0 Å². The molecule has 0 amide bonds. The lowest BCUT2D eigenvalue weighted by Crippen LogP contribution is -2.01. The molecule has 0 spiro atoms. The lowest BCUT2D eigenvalue weighted by Gasteiger charge is -2.12. The molecular weight excluding hydrogens is 263 g/mol. The fourth-order valence-electron chi connectivity index (χ4n) is 0.637. The molecule has 0 unspecified atom stereocenters. The molecule has 1 aromatic rings. The Morgan fingerprint density at radius 1 is 1.17 bits per heavy atom. The molecule has 0 atom stereocenters. The number of aromatic nitrogens is 1. The Labute approximate surface area is 94.5 Å². The third kappa shape index (κ3) is 2.30.